The van der Waals surface area contributed by atoms with Crippen molar-refractivity contribution in [3.8, 4) is 0 Å². The number of halogens is 1. The minimum Gasteiger partial charge on any atom is -0.323 e. The van der Waals surface area contributed by atoms with Gasteiger partial charge in [-0.15, -0.1) is 11.3 Å². The van der Waals surface area contributed by atoms with Gasteiger partial charge in [-0.3, -0.25) is 0 Å². The third-order valence-corrected chi connectivity index (χ3v) is 8.46. The summed E-state index contributed by atoms with van der Waals surface area (Å²) < 4.78 is 1.06. The van der Waals surface area contributed by atoms with Crippen LogP contribution in [0.4, 0.5) is 0 Å². The molecule has 0 amide bonds. The average molecular weight is 495 g/mol. The third kappa shape index (κ3) is 4.79. The summed E-state index contributed by atoms with van der Waals surface area (Å²) in [6, 6.07) is 8.74. The molecule has 1 aromatic carbocycles. The van der Waals surface area contributed by atoms with Crippen molar-refractivity contribution in [2.45, 2.75) is 45.1 Å². The molecule has 0 saturated carbocycles. The molecule has 0 fully saturated rings. The second-order valence-corrected chi connectivity index (χ2v) is 10.2. The molecule has 1 aromatic heterocycles. The maximum absolute atomic E-state index is 6.85. The van der Waals surface area contributed by atoms with E-state index in [9.17, 15) is 0 Å². The van der Waals surface area contributed by atoms with Crippen LogP contribution in [0.1, 0.15) is 60.2 Å². The van der Waals surface area contributed by atoms with E-state index in [-0.39, 0.29) is 11.5 Å². The third-order valence-electron chi connectivity index (χ3n) is 6.47. The van der Waals surface area contributed by atoms with Crippen LogP contribution < -0.4 is 5.73 Å². The number of hydrogen-bond acceptors (Lipinski definition) is 2. The molecule has 2 atom stereocenters. The lowest BCUT2D eigenvalue weighted by Gasteiger charge is -2.34. The minimum atomic E-state index is 0.0756. The van der Waals surface area contributed by atoms with Crippen molar-refractivity contribution in [3.63, 3.8) is 0 Å². The van der Waals surface area contributed by atoms with Gasteiger partial charge in [-0.2, -0.15) is 0 Å². The van der Waals surface area contributed by atoms with Crippen LogP contribution in [-0.4, -0.2) is 0 Å². The van der Waals surface area contributed by atoms with Crippen molar-refractivity contribution in [2.24, 2.45) is 11.1 Å². The zero-order chi connectivity index (χ0) is 22.6. The molecule has 2 N–H and O–H groups in total. The molecular formula is C28H32BrNS. The minimum absolute atomic E-state index is 0.0756. The van der Waals surface area contributed by atoms with Crippen molar-refractivity contribution in [2.75, 3.05) is 0 Å². The highest BCUT2D eigenvalue weighted by Gasteiger charge is 2.42. The SMILES string of the molecule is C=CC(=C)/C=C(/C(=C)CCC1(CCC)Cc2ccccc2[C@H]1N)c1scc(Br)c1C=C. The molecular weight excluding hydrogens is 462 g/mol. The van der Waals surface area contributed by atoms with E-state index in [1.165, 1.54) is 16.0 Å². The lowest BCUT2D eigenvalue weighted by atomic mass is 9.72. The van der Waals surface area contributed by atoms with Crippen LogP contribution >= 0.6 is 27.3 Å². The summed E-state index contributed by atoms with van der Waals surface area (Å²) >= 11 is 5.35. The average Bonchev–Trinajstić information content (AvgIpc) is 3.27. The number of thiophene rings is 1. The van der Waals surface area contributed by atoms with Crippen LogP contribution in [0.25, 0.3) is 11.6 Å². The zero-order valence-electron chi connectivity index (χ0n) is 18.4. The van der Waals surface area contributed by atoms with Crippen molar-refractivity contribution < 1.29 is 0 Å². The van der Waals surface area contributed by atoms with Crippen molar-refractivity contribution in [1.82, 2.24) is 0 Å². The molecule has 1 heterocycles. The van der Waals surface area contributed by atoms with Gasteiger partial charge in [0.05, 0.1) is 0 Å². The molecule has 0 radical (unpaired) electrons. The van der Waals surface area contributed by atoms with Gasteiger partial charge in [0.25, 0.3) is 0 Å². The molecule has 1 unspecified atom stereocenters. The fourth-order valence-corrected chi connectivity index (χ4v) is 6.55. The van der Waals surface area contributed by atoms with Gasteiger partial charge in [0.2, 0.25) is 0 Å². The summed E-state index contributed by atoms with van der Waals surface area (Å²) in [6.45, 7) is 18.8. The molecule has 0 bridgehead atoms. The Hall–Kier alpha value is -1.94. The Morgan fingerprint density at radius 1 is 1.26 bits per heavy atom. The van der Waals surface area contributed by atoms with Gasteiger partial charge < -0.3 is 5.73 Å². The Morgan fingerprint density at radius 3 is 2.65 bits per heavy atom. The van der Waals surface area contributed by atoms with Gasteiger partial charge in [-0.25, -0.2) is 0 Å². The molecule has 0 aliphatic heterocycles. The molecule has 1 nitrogen and oxygen atoms in total. The Labute approximate surface area is 199 Å². The summed E-state index contributed by atoms with van der Waals surface area (Å²) in [6.07, 6.45) is 11.0. The van der Waals surface area contributed by atoms with Crippen LogP contribution in [0, 0.1) is 5.41 Å². The molecule has 1 aliphatic carbocycles. The van der Waals surface area contributed by atoms with E-state index in [2.05, 4.69) is 84.9 Å². The van der Waals surface area contributed by atoms with Crippen LogP contribution in [-0.2, 0) is 6.42 Å². The maximum Gasteiger partial charge on any atom is 0.0429 e. The fraction of sp³-hybridized carbons (Fsp3) is 0.286. The van der Waals surface area contributed by atoms with Gasteiger partial charge in [-0.1, -0.05) is 76.1 Å². The molecule has 31 heavy (non-hydrogen) atoms. The normalized spacial score (nSPS) is 20.4. The van der Waals surface area contributed by atoms with Crippen LogP contribution in [0.5, 0.6) is 0 Å². The molecule has 1 aliphatic rings. The van der Waals surface area contributed by atoms with Gasteiger partial charge in [0, 0.05) is 26.3 Å². The van der Waals surface area contributed by atoms with Gasteiger partial charge in [0.15, 0.2) is 0 Å². The highest BCUT2D eigenvalue weighted by atomic mass is 79.9. The summed E-state index contributed by atoms with van der Waals surface area (Å²) in [5.41, 5.74) is 13.9. The van der Waals surface area contributed by atoms with Crippen LogP contribution in [0.3, 0.4) is 0 Å². The number of rotatable bonds is 10. The Balaban J connectivity index is 1.89. The van der Waals surface area contributed by atoms with Crippen molar-refractivity contribution in [3.05, 3.63) is 105 Å². The zero-order valence-corrected chi connectivity index (χ0v) is 20.8. The fourth-order valence-electron chi connectivity index (χ4n) is 4.78. The largest absolute Gasteiger partial charge is 0.323 e. The number of benzene rings is 1. The Morgan fingerprint density at radius 2 is 2.00 bits per heavy atom. The smallest absolute Gasteiger partial charge is 0.0429 e. The second-order valence-electron chi connectivity index (χ2n) is 8.44. The highest BCUT2D eigenvalue weighted by molar-refractivity contribution is 9.10. The summed E-state index contributed by atoms with van der Waals surface area (Å²) in [5.74, 6) is 0. The van der Waals surface area contributed by atoms with Crippen LogP contribution in [0.15, 0.2) is 83.7 Å². The number of hydrogen-bond donors (Lipinski definition) is 1. The van der Waals surface area contributed by atoms with Crippen molar-refractivity contribution >= 4 is 38.9 Å². The first-order chi connectivity index (χ1) is 14.9. The Bertz CT molecular complexity index is 1040. The van der Waals surface area contributed by atoms with Gasteiger partial charge >= 0.3 is 0 Å². The number of fused-ring (bicyclic) bond motifs is 1. The van der Waals surface area contributed by atoms with E-state index < -0.39 is 0 Å². The lowest BCUT2D eigenvalue weighted by Crippen LogP contribution is -2.31. The summed E-state index contributed by atoms with van der Waals surface area (Å²) in [5, 5.41) is 2.10. The molecule has 0 spiro atoms. The van der Waals surface area contributed by atoms with E-state index in [0.29, 0.717) is 0 Å². The predicted octanol–water partition coefficient (Wildman–Crippen LogP) is 8.66. The van der Waals surface area contributed by atoms with E-state index >= 15 is 0 Å². The van der Waals surface area contributed by atoms with Gasteiger partial charge in [-0.05, 0) is 81.0 Å². The first-order valence-electron chi connectivity index (χ1n) is 10.8. The van der Waals surface area contributed by atoms with Crippen LogP contribution in [0.2, 0.25) is 0 Å². The Kier molecular flexibility index (Phi) is 7.74. The quantitative estimate of drug-likeness (QED) is 0.329. The standard InChI is InChI=1S/C28H32BrNS/c1-6-14-28(17-21-11-9-10-12-23(21)27(28)30)15-13-20(5)24(16-19(4)7-2)26-22(8-3)25(29)18-31-26/h7-12,16,18,27H,2-6,13-15,17,30H2,1H3/b24-16-/t27-,28?/m1/s1. The predicted molar refractivity (Wildman–Crippen MR) is 142 cm³/mol. The summed E-state index contributed by atoms with van der Waals surface area (Å²) in [4.78, 5) is 1.17. The van der Waals surface area contributed by atoms with Crippen molar-refractivity contribution in [1.29, 1.82) is 0 Å². The number of nitrogens with two attached hydrogens (primary N) is 1. The number of allylic oxidation sites excluding steroid dienone is 5. The maximum atomic E-state index is 6.85. The van der Waals surface area contributed by atoms with Gasteiger partial charge in [0.1, 0.15) is 0 Å². The lowest BCUT2D eigenvalue weighted by molar-refractivity contribution is 0.204. The molecule has 0 saturated heterocycles. The van der Waals surface area contributed by atoms with E-state index in [1.807, 2.05) is 6.08 Å². The molecule has 3 heteroatoms. The van der Waals surface area contributed by atoms with E-state index in [1.54, 1.807) is 17.4 Å². The topological polar surface area (TPSA) is 26.0 Å². The first kappa shape index (κ1) is 23.7. The van der Waals surface area contributed by atoms with E-state index in [4.69, 9.17) is 5.73 Å². The summed E-state index contributed by atoms with van der Waals surface area (Å²) in [7, 11) is 0. The first-order valence-corrected chi connectivity index (χ1v) is 12.5. The molecule has 162 valence electrons. The monoisotopic (exact) mass is 493 g/mol. The second kappa shape index (κ2) is 10.1. The molecule has 3 rings (SSSR count). The molecule has 2 aromatic rings. The van der Waals surface area contributed by atoms with E-state index in [0.717, 1.165) is 58.9 Å². The highest BCUT2D eigenvalue weighted by Crippen LogP contribution is 2.51.